The number of aliphatic carboxylic acids is 1. The summed E-state index contributed by atoms with van der Waals surface area (Å²) in [5.74, 6) is -1.86. The Morgan fingerprint density at radius 3 is 2.16 bits per heavy atom. The Hall–Kier alpha value is -3.35. The van der Waals surface area contributed by atoms with E-state index >= 15 is 0 Å². The summed E-state index contributed by atoms with van der Waals surface area (Å²) in [6, 6.07) is 15.5. The standard InChI is InChI=1S/C25H28N2O5/c1-3-15(2)22(23(28)27-12-16(13-27)24(29)30)26-25(31)32-14-21-19-10-6-4-8-17(19)18-9-5-7-11-20(18)21/h4-11,15-16,21-22H,3,12-14H2,1-2H3,(H,26,31)(H,29,30)/t15?,22-/m0/s1. The first-order valence-corrected chi connectivity index (χ1v) is 11.0. The molecule has 1 unspecified atom stereocenters. The zero-order valence-electron chi connectivity index (χ0n) is 18.3. The van der Waals surface area contributed by atoms with E-state index in [-0.39, 0.29) is 37.4 Å². The molecule has 0 bridgehead atoms. The van der Waals surface area contributed by atoms with Crippen molar-refractivity contribution in [1.82, 2.24) is 10.2 Å². The van der Waals surface area contributed by atoms with Crippen LogP contribution in [0.4, 0.5) is 4.79 Å². The van der Waals surface area contributed by atoms with Gasteiger partial charge in [0.25, 0.3) is 0 Å². The van der Waals surface area contributed by atoms with Crippen LogP contribution < -0.4 is 5.32 Å². The highest BCUT2D eigenvalue weighted by Gasteiger charge is 2.40. The Bertz CT molecular complexity index is 985. The lowest BCUT2D eigenvalue weighted by Gasteiger charge is -2.39. The van der Waals surface area contributed by atoms with Crippen LogP contribution in [-0.4, -0.2) is 53.7 Å². The molecule has 1 aliphatic heterocycles. The third-order valence-corrected chi connectivity index (χ3v) is 6.64. The predicted octanol–water partition coefficient (Wildman–Crippen LogP) is 3.48. The van der Waals surface area contributed by atoms with Gasteiger partial charge in [-0.1, -0.05) is 68.8 Å². The quantitative estimate of drug-likeness (QED) is 0.693. The van der Waals surface area contributed by atoms with Crippen molar-refractivity contribution in [3.05, 3.63) is 59.7 Å². The third kappa shape index (κ3) is 4.07. The number of fused-ring (bicyclic) bond motifs is 3. The van der Waals surface area contributed by atoms with E-state index in [0.29, 0.717) is 6.42 Å². The van der Waals surface area contributed by atoms with Gasteiger partial charge in [0.1, 0.15) is 12.6 Å². The summed E-state index contributed by atoms with van der Waals surface area (Å²) in [6.07, 6.45) is 0.0526. The van der Waals surface area contributed by atoms with Crippen LogP contribution >= 0.6 is 0 Å². The van der Waals surface area contributed by atoms with E-state index in [2.05, 4.69) is 29.6 Å². The molecule has 0 spiro atoms. The second-order valence-electron chi connectivity index (χ2n) is 8.61. The summed E-state index contributed by atoms with van der Waals surface area (Å²) in [4.78, 5) is 38.1. The van der Waals surface area contributed by atoms with E-state index in [4.69, 9.17) is 9.84 Å². The molecule has 2 aliphatic rings. The number of nitrogens with zero attached hydrogens (tertiary/aromatic N) is 1. The molecule has 1 aliphatic carbocycles. The third-order valence-electron chi connectivity index (χ3n) is 6.64. The molecule has 1 heterocycles. The van der Waals surface area contributed by atoms with Gasteiger partial charge in [-0.25, -0.2) is 4.79 Å². The van der Waals surface area contributed by atoms with Crippen LogP contribution in [0.15, 0.2) is 48.5 Å². The van der Waals surface area contributed by atoms with E-state index in [1.54, 1.807) is 0 Å². The largest absolute Gasteiger partial charge is 0.481 e. The Morgan fingerprint density at radius 2 is 1.62 bits per heavy atom. The molecular formula is C25H28N2O5. The smallest absolute Gasteiger partial charge is 0.407 e. The average Bonchev–Trinajstić information content (AvgIpc) is 3.08. The highest BCUT2D eigenvalue weighted by atomic mass is 16.5. The molecular weight excluding hydrogens is 408 g/mol. The number of benzene rings is 2. The molecule has 0 radical (unpaired) electrons. The van der Waals surface area contributed by atoms with Crippen molar-refractivity contribution < 1.29 is 24.2 Å². The molecule has 2 N–H and O–H groups in total. The van der Waals surface area contributed by atoms with Gasteiger partial charge < -0.3 is 20.1 Å². The van der Waals surface area contributed by atoms with Gasteiger partial charge in [0, 0.05) is 19.0 Å². The Morgan fingerprint density at radius 1 is 1.06 bits per heavy atom. The van der Waals surface area contributed by atoms with Crippen LogP contribution in [0.25, 0.3) is 11.1 Å². The minimum atomic E-state index is -0.904. The lowest BCUT2D eigenvalue weighted by molar-refractivity contribution is -0.154. The molecule has 7 nitrogen and oxygen atoms in total. The van der Waals surface area contributed by atoms with Gasteiger partial charge in [-0.2, -0.15) is 0 Å². The number of carbonyl (C=O) groups excluding carboxylic acids is 2. The topological polar surface area (TPSA) is 95.9 Å². The minimum absolute atomic E-state index is 0.0578. The van der Waals surface area contributed by atoms with Gasteiger partial charge in [0.15, 0.2) is 0 Å². The first-order chi connectivity index (χ1) is 15.4. The van der Waals surface area contributed by atoms with E-state index in [0.717, 1.165) is 22.3 Å². The average molecular weight is 437 g/mol. The zero-order valence-corrected chi connectivity index (χ0v) is 18.3. The van der Waals surface area contributed by atoms with Crippen LogP contribution in [0.3, 0.4) is 0 Å². The number of likely N-dealkylation sites (tertiary alicyclic amines) is 1. The Balaban J connectivity index is 1.41. The fourth-order valence-corrected chi connectivity index (χ4v) is 4.46. The van der Waals surface area contributed by atoms with Gasteiger partial charge in [0.2, 0.25) is 5.91 Å². The van der Waals surface area contributed by atoms with Gasteiger partial charge >= 0.3 is 12.1 Å². The van der Waals surface area contributed by atoms with Crippen molar-refractivity contribution in [2.75, 3.05) is 19.7 Å². The normalized spacial score (nSPS) is 17.0. The number of amides is 2. The maximum atomic E-state index is 12.9. The van der Waals surface area contributed by atoms with Gasteiger partial charge in [-0.3, -0.25) is 9.59 Å². The van der Waals surface area contributed by atoms with E-state index in [1.165, 1.54) is 4.90 Å². The van der Waals surface area contributed by atoms with Crippen molar-refractivity contribution in [1.29, 1.82) is 0 Å². The van der Waals surface area contributed by atoms with Crippen molar-refractivity contribution in [3.63, 3.8) is 0 Å². The van der Waals surface area contributed by atoms with Crippen LogP contribution in [0.2, 0.25) is 0 Å². The molecule has 1 saturated heterocycles. The molecule has 0 saturated carbocycles. The van der Waals surface area contributed by atoms with Gasteiger partial charge in [-0.15, -0.1) is 0 Å². The van der Waals surface area contributed by atoms with Gasteiger partial charge in [0.05, 0.1) is 5.92 Å². The molecule has 1 fully saturated rings. The molecule has 4 rings (SSSR count). The first kappa shape index (κ1) is 21.9. The van der Waals surface area contributed by atoms with Crippen molar-refractivity contribution in [2.45, 2.75) is 32.2 Å². The molecule has 0 aromatic heterocycles. The molecule has 2 amide bonds. The summed E-state index contributed by atoms with van der Waals surface area (Å²) < 4.78 is 5.59. The van der Waals surface area contributed by atoms with Crippen molar-refractivity contribution in [2.24, 2.45) is 11.8 Å². The fourth-order valence-electron chi connectivity index (χ4n) is 4.46. The second-order valence-corrected chi connectivity index (χ2v) is 8.61. The number of hydrogen-bond acceptors (Lipinski definition) is 4. The molecule has 2 atom stereocenters. The van der Waals surface area contributed by atoms with Crippen LogP contribution in [0.5, 0.6) is 0 Å². The Labute approximate surface area is 187 Å². The molecule has 32 heavy (non-hydrogen) atoms. The van der Waals surface area contributed by atoms with Crippen LogP contribution in [0, 0.1) is 11.8 Å². The lowest BCUT2D eigenvalue weighted by atomic mass is 9.94. The SMILES string of the molecule is CCC(C)[C@H](NC(=O)OCC1c2ccccc2-c2ccccc21)C(=O)N1CC(C(=O)O)C1. The van der Waals surface area contributed by atoms with Crippen LogP contribution in [-0.2, 0) is 14.3 Å². The first-order valence-electron chi connectivity index (χ1n) is 11.0. The van der Waals surface area contributed by atoms with Crippen molar-refractivity contribution in [3.8, 4) is 11.1 Å². The highest BCUT2D eigenvalue weighted by molar-refractivity contribution is 5.88. The fraction of sp³-hybridized carbons (Fsp3) is 0.400. The summed E-state index contributed by atoms with van der Waals surface area (Å²) in [6.45, 7) is 4.36. The van der Waals surface area contributed by atoms with E-state index in [9.17, 15) is 14.4 Å². The number of nitrogens with one attached hydrogen (secondary N) is 1. The second kappa shape index (κ2) is 9.02. The van der Waals surface area contributed by atoms with E-state index < -0.39 is 24.0 Å². The highest BCUT2D eigenvalue weighted by Crippen LogP contribution is 2.44. The number of carboxylic acid groups (broad SMARTS) is 1. The van der Waals surface area contributed by atoms with Crippen molar-refractivity contribution >= 4 is 18.0 Å². The summed E-state index contributed by atoms with van der Waals surface area (Å²) in [7, 11) is 0. The zero-order chi connectivity index (χ0) is 22.8. The molecule has 2 aromatic carbocycles. The number of rotatable bonds is 7. The summed E-state index contributed by atoms with van der Waals surface area (Å²) >= 11 is 0. The monoisotopic (exact) mass is 436 g/mol. The molecule has 2 aromatic rings. The molecule has 7 heteroatoms. The minimum Gasteiger partial charge on any atom is -0.481 e. The number of alkyl carbamates (subject to hydrolysis) is 1. The molecule has 168 valence electrons. The summed E-state index contributed by atoms with van der Waals surface area (Å²) in [5, 5.41) is 11.8. The van der Waals surface area contributed by atoms with E-state index in [1.807, 2.05) is 38.1 Å². The lowest BCUT2D eigenvalue weighted by Crippen LogP contribution is -2.60. The number of carboxylic acids is 1. The number of hydrogen-bond donors (Lipinski definition) is 2. The number of carbonyl (C=O) groups is 3. The maximum absolute atomic E-state index is 12.9. The Kier molecular flexibility index (Phi) is 6.17. The predicted molar refractivity (Wildman–Crippen MR) is 119 cm³/mol. The summed E-state index contributed by atoms with van der Waals surface area (Å²) in [5.41, 5.74) is 4.54. The van der Waals surface area contributed by atoms with Gasteiger partial charge in [-0.05, 0) is 28.2 Å². The number of ether oxygens (including phenoxy) is 1. The van der Waals surface area contributed by atoms with Crippen LogP contribution in [0.1, 0.15) is 37.3 Å². The maximum Gasteiger partial charge on any atom is 0.407 e.